The summed E-state index contributed by atoms with van der Waals surface area (Å²) < 4.78 is 128. The molecule has 8 rings (SSSR count). The van der Waals surface area contributed by atoms with Crippen molar-refractivity contribution in [2.24, 2.45) is 0 Å². The number of fused-ring (bicyclic) bond motifs is 2. The number of aliphatic hydroxyl groups excluding tert-OH is 9. The van der Waals surface area contributed by atoms with Crippen molar-refractivity contribution in [2.75, 3.05) is 37.9 Å². The summed E-state index contributed by atoms with van der Waals surface area (Å²) in [5.41, 5.74) is 12.0. The number of nitrogens with zero attached hydrogens (tertiary/aromatic N) is 8. The zero-order valence-electron chi connectivity index (χ0n) is 49.3. The molecule has 0 radical (unpaired) electrons. The number of carbonyl (C=O) groups excluding carboxylic acids is 5. The van der Waals surface area contributed by atoms with Crippen LogP contribution >= 0.6 is 31.3 Å². The molecule has 0 aromatic carbocycles. The molecule has 0 amide bonds. The molecule has 24 atom stereocenters. The summed E-state index contributed by atoms with van der Waals surface area (Å²) in [6.07, 6.45) is -32.2. The fourth-order valence-electron chi connectivity index (χ4n) is 9.43. The zero-order chi connectivity index (χ0) is 70.6. The number of hydrogen-bond donors (Lipinski definition) is 15. The fourth-order valence-corrected chi connectivity index (χ4v) is 13.7. The predicted molar refractivity (Wildman–Crippen MR) is 294 cm³/mol. The van der Waals surface area contributed by atoms with Crippen molar-refractivity contribution in [2.45, 2.75) is 157 Å². The molecular weight excluding hydrogens is 1380 g/mol. The maximum absolute atomic E-state index is 13.2. The number of ether oxygens (including phenoxy) is 9. The summed E-state index contributed by atoms with van der Waals surface area (Å²) in [7, 11) is -22.8. The number of esters is 5. The quantitative estimate of drug-likeness (QED) is 0.0167. The molecule has 8 heterocycles. The van der Waals surface area contributed by atoms with Crippen LogP contribution in [-0.4, -0.2) is 271 Å². The van der Waals surface area contributed by atoms with Crippen molar-refractivity contribution in [1.82, 2.24) is 39.0 Å². The van der Waals surface area contributed by atoms with Gasteiger partial charge in [0.1, 0.15) is 104 Å². The van der Waals surface area contributed by atoms with Gasteiger partial charge in [0, 0.05) is 34.6 Å². The van der Waals surface area contributed by atoms with Crippen molar-refractivity contribution >= 4 is 95.1 Å². The molecule has 0 bridgehead atoms. The van der Waals surface area contributed by atoms with E-state index >= 15 is 0 Å². The molecule has 0 saturated carbocycles. The second-order valence-corrected chi connectivity index (χ2v) is 26.4. The number of nitrogens with two attached hydrogens (primary N) is 2. The minimum atomic E-state index is -5.95. The Morgan fingerprint density at radius 3 is 1.39 bits per heavy atom. The number of hydrogen-bond acceptors (Lipinski definition) is 41. The van der Waals surface area contributed by atoms with Gasteiger partial charge in [-0.3, -0.25) is 51.2 Å². The molecule has 4 fully saturated rings. The summed E-state index contributed by atoms with van der Waals surface area (Å²) in [5.74, 6) is -5.15. The van der Waals surface area contributed by atoms with Gasteiger partial charge in [-0.1, -0.05) is 0 Å². The van der Waals surface area contributed by atoms with E-state index in [-0.39, 0.29) is 34.0 Å². The van der Waals surface area contributed by atoms with Crippen LogP contribution in [0, 0.1) is 0 Å². The summed E-state index contributed by atoms with van der Waals surface area (Å²) >= 11 is 0. The van der Waals surface area contributed by atoms with Gasteiger partial charge >= 0.3 is 61.1 Å². The maximum atomic E-state index is 13.2. The largest absolute Gasteiger partial charge is 0.483 e. The number of anilines is 2. The molecule has 51 heteroatoms. The highest BCUT2D eigenvalue weighted by Gasteiger charge is 2.58. The molecule has 4 saturated heterocycles. The Morgan fingerprint density at radius 1 is 0.526 bits per heavy atom. The lowest BCUT2D eigenvalue weighted by molar-refractivity contribution is -0.301. The maximum Gasteiger partial charge on any atom is 0.483 e. The van der Waals surface area contributed by atoms with Crippen molar-refractivity contribution in [3.8, 4) is 0 Å². The number of aliphatic hydroxyl groups is 9. The van der Waals surface area contributed by atoms with Crippen molar-refractivity contribution in [3.05, 3.63) is 25.3 Å². The van der Waals surface area contributed by atoms with Crippen LogP contribution in [0.3, 0.4) is 0 Å². The Labute approximate surface area is 530 Å². The lowest BCUT2D eigenvalue weighted by Crippen LogP contribution is -2.65. The highest BCUT2D eigenvalue weighted by Crippen LogP contribution is 2.63. The SMILES string of the molecule is CC(=O)OC[C@H](OC(C)=O)C1O[C@@H](OP(=O)(O)OP(=O)(O)OC[C@H]2O[C@@H](n3cnc4c(N)ncnc43)[C@@H](O)C2O)C(OC(C)=O)[C@@H](OC(C)=O)[C@@H]1OC(C)=O.Nc1ncnc2c1ncn2[C@@H]1O[C@H](COP(=O)(O)OP(=O)(O)O[C@@H]2OC([C@@H](O)CO)[C@@H](O)[C@H](O)C2O)C(O)[C@@H]1O. The number of imidazole rings is 2. The summed E-state index contributed by atoms with van der Waals surface area (Å²) in [4.78, 5) is 125. The highest BCUT2D eigenvalue weighted by molar-refractivity contribution is 7.61. The number of phosphoric acid groups is 4. The van der Waals surface area contributed by atoms with Crippen LogP contribution in [0.4, 0.5) is 11.6 Å². The molecular formula is C44H64N10O37P4. The summed E-state index contributed by atoms with van der Waals surface area (Å²) in [6, 6.07) is 0. The van der Waals surface area contributed by atoms with Gasteiger partial charge in [-0.15, -0.1) is 0 Å². The third-order valence-electron chi connectivity index (χ3n) is 13.4. The van der Waals surface area contributed by atoms with Crippen molar-refractivity contribution in [3.63, 3.8) is 0 Å². The third-order valence-corrected chi connectivity index (χ3v) is 18.6. The van der Waals surface area contributed by atoms with Crippen LogP contribution in [0.2, 0.25) is 0 Å². The Hall–Kier alpha value is -5.95. The van der Waals surface area contributed by atoms with E-state index in [0.29, 0.717) is 0 Å². The molecule has 0 aliphatic carbocycles. The molecule has 47 nitrogen and oxygen atoms in total. The molecule has 10 unspecified atom stereocenters. The van der Waals surface area contributed by atoms with Gasteiger partial charge in [-0.05, 0) is 0 Å². The number of aromatic nitrogens is 8. The van der Waals surface area contributed by atoms with E-state index in [2.05, 4.69) is 47.6 Å². The average Bonchev–Trinajstić information content (AvgIpc) is 1.78. The highest BCUT2D eigenvalue weighted by atomic mass is 31.3. The molecule has 4 aliphatic rings. The van der Waals surface area contributed by atoms with E-state index < -0.39 is 210 Å². The number of nitrogen functional groups attached to an aromatic ring is 2. The molecule has 0 spiro atoms. The van der Waals surface area contributed by atoms with Gasteiger partial charge in [0.2, 0.25) is 6.29 Å². The Balaban J connectivity index is 0.000000282. The molecule has 17 N–H and O–H groups in total. The minimum absolute atomic E-state index is 0.00339. The molecule has 95 heavy (non-hydrogen) atoms. The van der Waals surface area contributed by atoms with Crippen LogP contribution < -0.4 is 11.5 Å². The fraction of sp³-hybridized carbons (Fsp3) is 0.659. The van der Waals surface area contributed by atoms with Gasteiger partial charge in [-0.25, -0.2) is 48.2 Å². The second-order valence-electron chi connectivity index (χ2n) is 20.4. The van der Waals surface area contributed by atoms with E-state index in [1.807, 2.05) is 0 Å². The van der Waals surface area contributed by atoms with E-state index in [4.69, 9.17) is 68.3 Å². The van der Waals surface area contributed by atoms with Crippen LogP contribution in [0.25, 0.3) is 22.3 Å². The predicted octanol–water partition coefficient (Wildman–Crippen LogP) is -6.27. The summed E-state index contributed by atoms with van der Waals surface area (Å²) in [5, 5.41) is 90.5. The average molecular weight is 1450 g/mol. The van der Waals surface area contributed by atoms with Crippen LogP contribution in [0.15, 0.2) is 25.3 Å². The molecule has 4 aromatic rings. The lowest BCUT2D eigenvalue weighted by Gasteiger charge is -2.45. The third kappa shape index (κ3) is 19.0. The van der Waals surface area contributed by atoms with Crippen LogP contribution in [-0.2, 0) is 112 Å². The Kier molecular flexibility index (Phi) is 25.2. The Morgan fingerprint density at radius 2 is 0.958 bits per heavy atom. The van der Waals surface area contributed by atoms with E-state index in [9.17, 15) is 103 Å². The van der Waals surface area contributed by atoms with E-state index in [0.717, 1.165) is 47.3 Å². The van der Waals surface area contributed by atoms with E-state index in [1.165, 1.54) is 21.8 Å². The van der Waals surface area contributed by atoms with E-state index in [1.54, 1.807) is 0 Å². The van der Waals surface area contributed by atoms with Crippen molar-refractivity contribution in [1.29, 1.82) is 0 Å². The lowest BCUT2D eigenvalue weighted by atomic mass is 9.94. The van der Waals surface area contributed by atoms with Gasteiger partial charge in [0.05, 0.1) is 32.5 Å². The van der Waals surface area contributed by atoms with Crippen LogP contribution in [0.1, 0.15) is 47.1 Å². The first-order valence-electron chi connectivity index (χ1n) is 27.0. The Bertz CT molecular complexity index is 3590. The van der Waals surface area contributed by atoms with Gasteiger partial charge < -0.3 is 120 Å². The monoisotopic (exact) mass is 1450 g/mol. The van der Waals surface area contributed by atoms with Crippen molar-refractivity contribution < 1.29 is 177 Å². The van der Waals surface area contributed by atoms with Gasteiger partial charge in [-0.2, -0.15) is 8.62 Å². The zero-order valence-corrected chi connectivity index (χ0v) is 52.9. The topological polar surface area (TPSA) is 694 Å². The normalized spacial score (nSPS) is 32.4. The summed E-state index contributed by atoms with van der Waals surface area (Å²) in [6.45, 7) is 0.760. The van der Waals surface area contributed by atoms with Gasteiger partial charge in [0.25, 0.3) is 0 Å². The first kappa shape index (κ1) is 76.4. The second kappa shape index (κ2) is 31.3. The standard InChI is InChI=1S/C27H37N5O21P2.C17H27N5O16P2/c1-10(33)44-6-16(46-11(2)34)20-21(47-12(3)35)22(48-13(4)36)23(49-14(5)37)27(51-20)52-55(42,43)53-54(40,41)45-7-15-18(38)19(39)26(50-15)32-9-31-17-24(28)29-8-30-25(17)32;18-14-7-15(20-3-19-14)22(4-21-7)16-11(28)8(25)6(35-16)2-34-39(30,31)38-40(32,33)37-17-12(29)9(26)10(27)13(36-17)5(24)1-23/h8-9,15-16,18-23,26-27,38-39H,6-7H2,1-5H3,(H,40,41)(H,42,43)(H2,28,29,30);3-6,8-13,16-17,23-29H,1-2H2,(H,30,31)(H,32,33)(H2,18,19,20)/t15-,16+,18?,19+,20?,21-,22+,23?,26-,27+;5-,6+,8?,9-,10-,11-,12?,13?,16+,17-/m10/s1. The van der Waals surface area contributed by atoms with Gasteiger partial charge in [0.15, 0.2) is 66.1 Å². The first-order valence-corrected chi connectivity index (χ1v) is 33.0. The molecule has 4 aromatic heterocycles. The smallest absolute Gasteiger partial charge is 0.462 e. The molecule has 532 valence electrons. The first-order chi connectivity index (χ1) is 44.2. The molecule has 4 aliphatic heterocycles. The number of phosphoric ester groups is 4. The number of rotatable bonds is 25. The van der Waals surface area contributed by atoms with Crippen LogP contribution in [0.5, 0.6) is 0 Å². The number of carbonyl (C=O) groups is 5. The minimum Gasteiger partial charge on any atom is -0.462 e.